The molecular weight excluding hydrogens is 394 g/mol. The number of pyridine rings is 1. The van der Waals surface area contributed by atoms with Crippen molar-refractivity contribution in [2.45, 2.75) is 52.7 Å². The van der Waals surface area contributed by atoms with E-state index in [9.17, 15) is 23.5 Å². The van der Waals surface area contributed by atoms with Gasteiger partial charge < -0.3 is 15.2 Å². The molecule has 0 aliphatic carbocycles. The van der Waals surface area contributed by atoms with E-state index in [1.165, 1.54) is 19.9 Å². The Morgan fingerprint density at radius 1 is 1.17 bits per heavy atom. The van der Waals surface area contributed by atoms with Crippen LogP contribution in [0.1, 0.15) is 46.7 Å². The molecule has 0 aliphatic rings. The van der Waals surface area contributed by atoms with Crippen LogP contribution in [0.3, 0.4) is 0 Å². The van der Waals surface area contributed by atoms with Crippen LogP contribution in [0.25, 0.3) is 0 Å². The van der Waals surface area contributed by atoms with Crippen LogP contribution < -0.4 is 10.1 Å². The molecule has 2 aromatic rings. The van der Waals surface area contributed by atoms with Gasteiger partial charge in [0.05, 0.1) is 6.42 Å². The molecule has 0 saturated carbocycles. The molecule has 2 N–H and O–H groups in total. The zero-order valence-electron chi connectivity index (χ0n) is 17.5. The fraction of sp³-hybridized carbons (Fsp3) is 0.409. The van der Waals surface area contributed by atoms with Crippen LogP contribution in [0.4, 0.5) is 8.78 Å². The number of ether oxygens (including phenoxy) is 1. The van der Waals surface area contributed by atoms with Crippen LogP contribution in [-0.4, -0.2) is 40.4 Å². The number of aryl methyl sites for hydroxylation is 2. The summed E-state index contributed by atoms with van der Waals surface area (Å²) in [6, 6.07) is 8.17. The molecule has 1 amide bonds. The van der Waals surface area contributed by atoms with Crippen LogP contribution in [0.5, 0.6) is 5.75 Å². The Morgan fingerprint density at radius 2 is 1.87 bits per heavy atom. The summed E-state index contributed by atoms with van der Waals surface area (Å²) in [6.45, 7) is 5.79. The second kappa shape index (κ2) is 9.75. The molecule has 8 heteroatoms. The normalized spacial score (nSPS) is 11.5. The predicted molar refractivity (Wildman–Crippen MR) is 108 cm³/mol. The van der Waals surface area contributed by atoms with Gasteiger partial charge in [0.25, 0.3) is 12.3 Å². The van der Waals surface area contributed by atoms with Gasteiger partial charge in [0.2, 0.25) is 0 Å². The summed E-state index contributed by atoms with van der Waals surface area (Å²) < 4.78 is 29.8. The summed E-state index contributed by atoms with van der Waals surface area (Å²) in [5.41, 5.74) is 1.34. The first-order valence-corrected chi connectivity index (χ1v) is 9.47. The van der Waals surface area contributed by atoms with Crippen molar-refractivity contribution in [2.24, 2.45) is 0 Å². The van der Waals surface area contributed by atoms with Crippen LogP contribution in [0.2, 0.25) is 0 Å². The van der Waals surface area contributed by atoms with E-state index < -0.39 is 24.4 Å². The molecule has 2 rings (SSSR count). The minimum Gasteiger partial charge on any atom is -0.488 e. The van der Waals surface area contributed by atoms with Crippen molar-refractivity contribution in [3.05, 3.63) is 58.4 Å². The lowest BCUT2D eigenvalue weighted by molar-refractivity contribution is -0.133. The standard InChI is InChI=1S/C22H26F2N2O4/c1-13-5-15(8-18(6-13)30-12-20(23)24)11-25-21(28)16-7-14(2)26-17(9-16)10-19(27)22(3,4)29/h5-9,20,29H,10-12H2,1-4H3,(H,25,28). The lowest BCUT2D eigenvalue weighted by atomic mass is 9.98. The maximum atomic E-state index is 12.6. The van der Waals surface area contributed by atoms with E-state index in [-0.39, 0.29) is 18.9 Å². The van der Waals surface area contributed by atoms with Crippen LogP contribution in [0, 0.1) is 13.8 Å². The Morgan fingerprint density at radius 3 is 2.50 bits per heavy atom. The number of carbonyl (C=O) groups is 2. The number of aliphatic hydroxyl groups is 1. The third-order valence-corrected chi connectivity index (χ3v) is 4.23. The number of nitrogens with one attached hydrogen (secondary N) is 1. The number of benzene rings is 1. The van der Waals surface area contributed by atoms with Gasteiger partial charge in [-0.15, -0.1) is 0 Å². The lowest BCUT2D eigenvalue weighted by Gasteiger charge is -2.15. The average molecular weight is 420 g/mol. The average Bonchev–Trinajstić information content (AvgIpc) is 2.62. The third-order valence-electron chi connectivity index (χ3n) is 4.23. The van der Waals surface area contributed by atoms with Crippen molar-refractivity contribution < 1.29 is 28.2 Å². The van der Waals surface area contributed by atoms with Gasteiger partial charge in [-0.3, -0.25) is 14.6 Å². The van der Waals surface area contributed by atoms with E-state index in [1.54, 1.807) is 32.0 Å². The number of ketones is 1. The van der Waals surface area contributed by atoms with E-state index >= 15 is 0 Å². The van der Waals surface area contributed by atoms with Crippen molar-refractivity contribution in [3.8, 4) is 5.75 Å². The highest BCUT2D eigenvalue weighted by Crippen LogP contribution is 2.18. The minimum atomic E-state index is -2.57. The van der Waals surface area contributed by atoms with E-state index in [0.717, 1.165) is 5.56 Å². The Bertz CT molecular complexity index is 924. The SMILES string of the molecule is Cc1cc(CNC(=O)c2cc(C)nc(CC(=O)C(C)(C)O)c2)cc(OCC(F)F)c1. The van der Waals surface area contributed by atoms with Crippen molar-refractivity contribution in [1.82, 2.24) is 10.3 Å². The number of carbonyl (C=O) groups excluding carboxylic acids is 2. The summed E-state index contributed by atoms with van der Waals surface area (Å²) >= 11 is 0. The molecule has 0 fully saturated rings. The molecule has 162 valence electrons. The number of Topliss-reactive ketones (excluding diaryl/α,β-unsaturated/α-hetero) is 1. The first-order valence-electron chi connectivity index (χ1n) is 9.47. The van der Waals surface area contributed by atoms with Crippen LogP contribution in [-0.2, 0) is 17.8 Å². The topological polar surface area (TPSA) is 88.5 Å². The third kappa shape index (κ3) is 7.18. The molecule has 0 radical (unpaired) electrons. The molecule has 1 heterocycles. The van der Waals surface area contributed by atoms with Gasteiger partial charge in [-0.1, -0.05) is 6.07 Å². The number of nitrogens with zero attached hydrogens (tertiary/aromatic N) is 1. The second-order valence-corrected chi connectivity index (χ2v) is 7.69. The Labute approximate surface area is 174 Å². The van der Waals surface area contributed by atoms with Crippen LogP contribution >= 0.6 is 0 Å². The number of rotatable bonds is 9. The van der Waals surface area contributed by atoms with Gasteiger partial charge in [-0.05, 0) is 63.1 Å². The molecule has 0 atom stereocenters. The summed E-state index contributed by atoms with van der Waals surface area (Å²) in [6.07, 6.45) is -2.66. The lowest BCUT2D eigenvalue weighted by Crippen LogP contribution is -2.33. The number of amides is 1. The van der Waals surface area contributed by atoms with E-state index in [1.807, 2.05) is 6.07 Å². The zero-order valence-corrected chi connectivity index (χ0v) is 17.5. The molecule has 30 heavy (non-hydrogen) atoms. The Balaban J connectivity index is 2.09. The highest BCUT2D eigenvalue weighted by Gasteiger charge is 2.24. The van der Waals surface area contributed by atoms with Gasteiger partial charge >= 0.3 is 0 Å². The molecule has 0 spiro atoms. The fourth-order valence-corrected chi connectivity index (χ4v) is 2.79. The van der Waals surface area contributed by atoms with E-state index in [4.69, 9.17) is 4.74 Å². The maximum absolute atomic E-state index is 12.6. The van der Waals surface area contributed by atoms with E-state index in [0.29, 0.717) is 28.3 Å². The van der Waals surface area contributed by atoms with Crippen molar-refractivity contribution in [3.63, 3.8) is 0 Å². The largest absolute Gasteiger partial charge is 0.488 e. The Hall–Kier alpha value is -2.87. The smallest absolute Gasteiger partial charge is 0.272 e. The van der Waals surface area contributed by atoms with Crippen molar-refractivity contribution in [1.29, 1.82) is 0 Å². The molecule has 0 saturated heterocycles. The van der Waals surface area contributed by atoms with Crippen LogP contribution in [0.15, 0.2) is 30.3 Å². The summed E-state index contributed by atoms with van der Waals surface area (Å²) in [5.74, 6) is -0.455. The summed E-state index contributed by atoms with van der Waals surface area (Å²) in [7, 11) is 0. The van der Waals surface area contributed by atoms with E-state index in [2.05, 4.69) is 10.3 Å². The molecule has 0 bridgehead atoms. The molecular formula is C22H26F2N2O4. The van der Waals surface area contributed by atoms with Crippen molar-refractivity contribution in [2.75, 3.05) is 6.61 Å². The highest BCUT2D eigenvalue weighted by molar-refractivity contribution is 5.95. The molecule has 1 aromatic carbocycles. The predicted octanol–water partition coefficient (Wildman–Crippen LogP) is 3.15. The minimum absolute atomic E-state index is 0.0891. The van der Waals surface area contributed by atoms with Gasteiger partial charge in [0.1, 0.15) is 18.0 Å². The maximum Gasteiger partial charge on any atom is 0.272 e. The van der Waals surface area contributed by atoms with Gasteiger partial charge in [-0.25, -0.2) is 8.78 Å². The quantitative estimate of drug-likeness (QED) is 0.651. The first kappa shape index (κ1) is 23.4. The monoisotopic (exact) mass is 420 g/mol. The number of hydrogen-bond acceptors (Lipinski definition) is 5. The Kier molecular flexibility index (Phi) is 7.61. The highest BCUT2D eigenvalue weighted by atomic mass is 19.3. The number of halogens is 2. The fourth-order valence-electron chi connectivity index (χ4n) is 2.79. The van der Waals surface area contributed by atoms with Crippen molar-refractivity contribution >= 4 is 11.7 Å². The number of hydrogen-bond donors (Lipinski definition) is 2. The second-order valence-electron chi connectivity index (χ2n) is 7.69. The van der Waals surface area contributed by atoms with Gasteiger partial charge in [0.15, 0.2) is 5.78 Å². The molecule has 0 aliphatic heterocycles. The first-order chi connectivity index (χ1) is 13.9. The number of aromatic nitrogens is 1. The number of alkyl halides is 2. The molecule has 0 unspecified atom stereocenters. The molecule has 1 aromatic heterocycles. The van der Waals surface area contributed by atoms with Gasteiger partial charge in [0, 0.05) is 23.5 Å². The zero-order chi connectivity index (χ0) is 22.5. The summed E-state index contributed by atoms with van der Waals surface area (Å²) in [5, 5.41) is 12.6. The van der Waals surface area contributed by atoms with Gasteiger partial charge in [-0.2, -0.15) is 0 Å². The molecule has 6 nitrogen and oxygen atoms in total. The summed E-state index contributed by atoms with van der Waals surface area (Å²) in [4.78, 5) is 28.9.